The van der Waals surface area contributed by atoms with Crippen molar-refractivity contribution in [2.24, 2.45) is 0 Å². The van der Waals surface area contributed by atoms with Gasteiger partial charge in [-0.05, 0) is 19.1 Å². The summed E-state index contributed by atoms with van der Waals surface area (Å²) in [7, 11) is 0. The van der Waals surface area contributed by atoms with E-state index in [0.29, 0.717) is 31.1 Å². The van der Waals surface area contributed by atoms with Crippen molar-refractivity contribution in [3.63, 3.8) is 0 Å². The zero-order valence-electron chi connectivity index (χ0n) is 10.1. The summed E-state index contributed by atoms with van der Waals surface area (Å²) in [5, 5.41) is 11.8. The molecule has 1 heterocycles. The van der Waals surface area contributed by atoms with Gasteiger partial charge < -0.3 is 19.9 Å². The summed E-state index contributed by atoms with van der Waals surface area (Å²) in [6.45, 7) is 3.14. The molecule has 0 unspecified atom stereocenters. The van der Waals surface area contributed by atoms with Gasteiger partial charge in [0, 0.05) is 23.9 Å². The largest absolute Gasteiger partial charge is 0.486 e. The molecule has 1 aromatic carbocycles. The molecule has 18 heavy (non-hydrogen) atoms. The minimum atomic E-state index is -0.904. The number of carbonyl (C=O) groups is 1. The standard InChI is InChI=1S/C13H15NO4/c1-9(13(15)16)4-5-14-10-2-3-11-12(8-10)18-7-6-17-11/h2-4,8,14H,5-7H2,1H3,(H,15,16)/b9-4-. The van der Waals surface area contributed by atoms with Crippen molar-refractivity contribution in [2.45, 2.75) is 6.92 Å². The number of benzene rings is 1. The first-order valence-corrected chi connectivity index (χ1v) is 5.70. The molecule has 0 aromatic heterocycles. The van der Waals surface area contributed by atoms with Crippen LogP contribution in [-0.4, -0.2) is 30.8 Å². The topological polar surface area (TPSA) is 67.8 Å². The van der Waals surface area contributed by atoms with E-state index < -0.39 is 5.97 Å². The molecule has 0 fully saturated rings. The highest BCUT2D eigenvalue weighted by molar-refractivity contribution is 5.85. The number of aliphatic carboxylic acids is 1. The van der Waals surface area contributed by atoms with Gasteiger partial charge >= 0.3 is 5.97 Å². The Hall–Kier alpha value is -2.17. The van der Waals surface area contributed by atoms with Crippen molar-refractivity contribution in [3.05, 3.63) is 29.8 Å². The summed E-state index contributed by atoms with van der Waals surface area (Å²) in [6, 6.07) is 5.56. The lowest BCUT2D eigenvalue weighted by atomic mass is 10.2. The summed E-state index contributed by atoms with van der Waals surface area (Å²) >= 11 is 0. The molecule has 1 aliphatic rings. The maximum Gasteiger partial charge on any atom is 0.331 e. The fraction of sp³-hybridized carbons (Fsp3) is 0.308. The predicted octanol–water partition coefficient (Wildman–Crippen LogP) is 1.90. The van der Waals surface area contributed by atoms with E-state index in [1.807, 2.05) is 18.2 Å². The Labute approximate surface area is 105 Å². The second-order valence-corrected chi connectivity index (χ2v) is 3.93. The zero-order chi connectivity index (χ0) is 13.0. The van der Waals surface area contributed by atoms with Crippen LogP contribution in [0.3, 0.4) is 0 Å². The van der Waals surface area contributed by atoms with Gasteiger partial charge in [-0.15, -0.1) is 0 Å². The number of ether oxygens (including phenoxy) is 2. The molecule has 0 saturated carbocycles. The van der Waals surface area contributed by atoms with E-state index in [4.69, 9.17) is 14.6 Å². The number of carboxylic acids is 1. The molecule has 0 atom stereocenters. The van der Waals surface area contributed by atoms with Crippen LogP contribution in [0, 0.1) is 0 Å². The molecule has 0 spiro atoms. The van der Waals surface area contributed by atoms with Crippen LogP contribution < -0.4 is 14.8 Å². The fourth-order valence-electron chi connectivity index (χ4n) is 1.56. The van der Waals surface area contributed by atoms with E-state index in [2.05, 4.69) is 5.32 Å². The molecule has 0 saturated heterocycles. The molecule has 2 N–H and O–H groups in total. The van der Waals surface area contributed by atoms with Crippen molar-refractivity contribution >= 4 is 11.7 Å². The Kier molecular flexibility index (Phi) is 3.72. The van der Waals surface area contributed by atoms with Gasteiger partial charge in [-0.2, -0.15) is 0 Å². The van der Waals surface area contributed by atoms with Gasteiger partial charge in [0.05, 0.1) is 0 Å². The Morgan fingerprint density at radius 1 is 1.39 bits per heavy atom. The highest BCUT2D eigenvalue weighted by Gasteiger charge is 2.11. The summed E-state index contributed by atoms with van der Waals surface area (Å²) < 4.78 is 10.9. The van der Waals surface area contributed by atoms with Crippen LogP contribution >= 0.6 is 0 Å². The van der Waals surface area contributed by atoms with Gasteiger partial charge in [0.15, 0.2) is 11.5 Å². The van der Waals surface area contributed by atoms with Crippen LogP contribution in [-0.2, 0) is 4.79 Å². The lowest BCUT2D eigenvalue weighted by molar-refractivity contribution is -0.132. The molecule has 0 aliphatic carbocycles. The first kappa shape index (κ1) is 12.3. The molecule has 0 radical (unpaired) electrons. The monoisotopic (exact) mass is 249 g/mol. The molecule has 2 rings (SSSR count). The summed E-state index contributed by atoms with van der Waals surface area (Å²) in [5.74, 6) is 0.549. The van der Waals surface area contributed by atoms with Crippen LogP contribution in [0.15, 0.2) is 29.8 Å². The first-order valence-electron chi connectivity index (χ1n) is 5.70. The predicted molar refractivity (Wildman–Crippen MR) is 67.3 cm³/mol. The number of nitrogens with one attached hydrogen (secondary N) is 1. The Morgan fingerprint density at radius 3 is 2.83 bits per heavy atom. The average Bonchev–Trinajstić information content (AvgIpc) is 2.38. The SMILES string of the molecule is C/C(=C/CNc1ccc2c(c1)OCCO2)C(=O)O. The Morgan fingerprint density at radius 2 is 2.11 bits per heavy atom. The fourth-order valence-corrected chi connectivity index (χ4v) is 1.56. The number of fused-ring (bicyclic) bond motifs is 1. The van der Waals surface area contributed by atoms with Gasteiger partial charge in [0.2, 0.25) is 0 Å². The number of rotatable bonds is 4. The highest BCUT2D eigenvalue weighted by Crippen LogP contribution is 2.32. The van der Waals surface area contributed by atoms with E-state index in [0.717, 1.165) is 11.4 Å². The number of carboxylic acid groups (broad SMARTS) is 1. The number of anilines is 1. The van der Waals surface area contributed by atoms with E-state index in [1.165, 1.54) is 0 Å². The number of hydrogen-bond acceptors (Lipinski definition) is 4. The van der Waals surface area contributed by atoms with Gasteiger partial charge in [0.25, 0.3) is 0 Å². The smallest absolute Gasteiger partial charge is 0.331 e. The molecule has 0 amide bonds. The van der Waals surface area contributed by atoms with Gasteiger partial charge in [-0.1, -0.05) is 6.08 Å². The minimum absolute atomic E-state index is 0.319. The molecular formula is C13H15NO4. The number of hydrogen-bond donors (Lipinski definition) is 2. The summed E-state index contributed by atoms with van der Waals surface area (Å²) in [6.07, 6.45) is 1.62. The van der Waals surface area contributed by atoms with Crippen molar-refractivity contribution < 1.29 is 19.4 Å². The second-order valence-electron chi connectivity index (χ2n) is 3.93. The lowest BCUT2D eigenvalue weighted by Gasteiger charge is -2.19. The van der Waals surface area contributed by atoms with Gasteiger partial charge in [-0.25, -0.2) is 4.79 Å². The van der Waals surface area contributed by atoms with Crippen molar-refractivity contribution in [2.75, 3.05) is 25.1 Å². The van der Waals surface area contributed by atoms with Crippen LogP contribution in [0.4, 0.5) is 5.69 Å². The molecule has 5 nitrogen and oxygen atoms in total. The second kappa shape index (κ2) is 5.44. The summed E-state index contributed by atoms with van der Waals surface area (Å²) in [5.41, 5.74) is 1.19. The van der Waals surface area contributed by atoms with Crippen LogP contribution in [0.1, 0.15) is 6.92 Å². The van der Waals surface area contributed by atoms with Crippen LogP contribution in [0.25, 0.3) is 0 Å². The van der Waals surface area contributed by atoms with E-state index >= 15 is 0 Å². The van der Waals surface area contributed by atoms with E-state index in [1.54, 1.807) is 13.0 Å². The van der Waals surface area contributed by atoms with Gasteiger partial charge in [0.1, 0.15) is 13.2 Å². The first-order chi connectivity index (χ1) is 8.66. The average molecular weight is 249 g/mol. The summed E-state index contributed by atoms with van der Waals surface area (Å²) in [4.78, 5) is 10.6. The van der Waals surface area contributed by atoms with Crippen LogP contribution in [0.2, 0.25) is 0 Å². The van der Waals surface area contributed by atoms with Crippen molar-refractivity contribution in [1.29, 1.82) is 0 Å². The minimum Gasteiger partial charge on any atom is -0.486 e. The maximum atomic E-state index is 10.6. The third-order valence-corrected chi connectivity index (χ3v) is 2.59. The molecule has 0 bridgehead atoms. The molecular weight excluding hydrogens is 234 g/mol. The van der Waals surface area contributed by atoms with Crippen molar-refractivity contribution in [3.8, 4) is 11.5 Å². The van der Waals surface area contributed by atoms with Crippen LogP contribution in [0.5, 0.6) is 11.5 Å². The van der Waals surface area contributed by atoms with Crippen molar-refractivity contribution in [1.82, 2.24) is 0 Å². The zero-order valence-corrected chi connectivity index (χ0v) is 10.1. The Bertz CT molecular complexity index is 482. The highest BCUT2D eigenvalue weighted by atomic mass is 16.6. The third-order valence-electron chi connectivity index (χ3n) is 2.59. The molecule has 1 aliphatic heterocycles. The van der Waals surface area contributed by atoms with E-state index in [9.17, 15) is 4.79 Å². The quantitative estimate of drug-likeness (QED) is 0.798. The molecule has 96 valence electrons. The molecule has 5 heteroatoms. The van der Waals surface area contributed by atoms with E-state index in [-0.39, 0.29) is 0 Å². The Balaban J connectivity index is 1.98. The maximum absolute atomic E-state index is 10.6. The normalized spacial score (nSPS) is 14.2. The lowest BCUT2D eigenvalue weighted by Crippen LogP contribution is -2.15. The molecule has 1 aromatic rings. The third kappa shape index (κ3) is 2.94. The van der Waals surface area contributed by atoms with Gasteiger partial charge in [-0.3, -0.25) is 0 Å².